The fourth-order valence-electron chi connectivity index (χ4n) is 4.98. The van der Waals surface area contributed by atoms with Crippen LogP contribution >= 0.6 is 0 Å². The van der Waals surface area contributed by atoms with E-state index < -0.39 is 11.7 Å². The Kier molecular flexibility index (Phi) is 8.91. The average Bonchev–Trinajstić information content (AvgIpc) is 3.52. The van der Waals surface area contributed by atoms with Crippen molar-refractivity contribution in [1.29, 1.82) is 0 Å². The van der Waals surface area contributed by atoms with Crippen molar-refractivity contribution in [3.05, 3.63) is 78.2 Å². The molecule has 3 heterocycles. The number of anilines is 3. The summed E-state index contributed by atoms with van der Waals surface area (Å²) < 4.78 is 31.7. The molecule has 9 nitrogen and oxygen atoms in total. The van der Waals surface area contributed by atoms with Gasteiger partial charge in [0.15, 0.2) is 0 Å². The molecule has 0 aliphatic carbocycles. The van der Waals surface area contributed by atoms with E-state index in [0.29, 0.717) is 61.8 Å². The highest BCUT2D eigenvalue weighted by Gasteiger charge is 2.18. The van der Waals surface area contributed by atoms with E-state index in [4.69, 9.17) is 14.2 Å². The van der Waals surface area contributed by atoms with E-state index in [9.17, 15) is 9.18 Å². The van der Waals surface area contributed by atoms with Gasteiger partial charge < -0.3 is 29.7 Å². The first-order valence-corrected chi connectivity index (χ1v) is 13.5. The van der Waals surface area contributed by atoms with E-state index in [2.05, 4.69) is 20.6 Å². The molecule has 1 amide bonds. The zero-order chi connectivity index (χ0) is 27.3. The average molecular weight is 560 g/mol. The molecule has 0 saturated carbocycles. The molecule has 214 valence electrons. The number of hydrogen-bond donors (Lipinski definition) is 2. The molecule has 6 rings (SSSR count). The number of benzene rings is 3. The summed E-state index contributed by atoms with van der Waals surface area (Å²) in [6.45, 7) is 3.87. The second kappa shape index (κ2) is 12.9. The molecule has 2 aliphatic rings. The van der Waals surface area contributed by atoms with Gasteiger partial charge in [0.1, 0.15) is 11.6 Å². The van der Waals surface area contributed by atoms with Gasteiger partial charge in [0.25, 0.3) is 5.91 Å². The second-order valence-corrected chi connectivity index (χ2v) is 9.74. The van der Waals surface area contributed by atoms with Crippen LogP contribution in [0.1, 0.15) is 30.6 Å². The van der Waals surface area contributed by atoms with Gasteiger partial charge >= 0.3 is 0 Å². The standard InChI is InChI=1S/C30H30FN5O4.CH4/c31-21-16-20(17-22(18-21)36-11-14-38-15-12-36)29(37)34-26-7-8-27(25-6-2-1-5-24(25)26)40-28-9-10-32-30(35-28)33-19-23-4-3-13-39-23;/h1-2,5-10,16-18,23H,3-4,11-15,19H2,(H,34,37)(H,32,33,35);1H4/t23-;/m0./s1. The van der Waals surface area contributed by atoms with Gasteiger partial charge in [0, 0.05) is 66.2 Å². The highest BCUT2D eigenvalue weighted by molar-refractivity contribution is 6.10. The van der Waals surface area contributed by atoms with Crippen LogP contribution in [0, 0.1) is 5.82 Å². The quantitative estimate of drug-likeness (QED) is 0.276. The van der Waals surface area contributed by atoms with E-state index in [0.717, 1.165) is 30.2 Å². The van der Waals surface area contributed by atoms with Crippen LogP contribution in [0.2, 0.25) is 0 Å². The molecular formula is C31H34FN5O4. The summed E-state index contributed by atoms with van der Waals surface area (Å²) in [5.41, 5.74) is 1.50. The molecule has 1 aromatic heterocycles. The molecule has 0 spiro atoms. The van der Waals surface area contributed by atoms with Gasteiger partial charge in [0.05, 0.1) is 19.3 Å². The highest BCUT2D eigenvalue weighted by Crippen LogP contribution is 2.34. The van der Waals surface area contributed by atoms with Gasteiger partial charge in [-0.25, -0.2) is 9.37 Å². The molecule has 2 aliphatic heterocycles. The third-order valence-electron chi connectivity index (χ3n) is 7.01. The van der Waals surface area contributed by atoms with Crippen LogP contribution in [0.25, 0.3) is 10.8 Å². The highest BCUT2D eigenvalue weighted by atomic mass is 19.1. The number of carbonyl (C=O) groups excluding carboxylic acids is 1. The molecule has 2 N–H and O–H groups in total. The molecule has 2 saturated heterocycles. The smallest absolute Gasteiger partial charge is 0.255 e. The van der Waals surface area contributed by atoms with Crippen LogP contribution < -0.4 is 20.3 Å². The van der Waals surface area contributed by atoms with Crippen molar-refractivity contribution in [2.24, 2.45) is 0 Å². The van der Waals surface area contributed by atoms with Gasteiger partial charge in [-0.3, -0.25) is 4.79 Å². The molecule has 3 aromatic carbocycles. The van der Waals surface area contributed by atoms with Crippen LogP contribution in [0.4, 0.5) is 21.7 Å². The van der Waals surface area contributed by atoms with Crippen LogP contribution in [-0.2, 0) is 9.47 Å². The minimum atomic E-state index is -0.461. The molecule has 41 heavy (non-hydrogen) atoms. The number of ether oxygens (including phenoxy) is 3. The van der Waals surface area contributed by atoms with E-state index in [1.165, 1.54) is 12.1 Å². The lowest BCUT2D eigenvalue weighted by Gasteiger charge is -2.29. The number of fused-ring (bicyclic) bond motifs is 1. The first-order valence-electron chi connectivity index (χ1n) is 13.5. The summed E-state index contributed by atoms with van der Waals surface area (Å²) >= 11 is 0. The van der Waals surface area contributed by atoms with Crippen molar-refractivity contribution in [3.63, 3.8) is 0 Å². The summed E-state index contributed by atoms with van der Waals surface area (Å²) in [6.07, 6.45) is 3.89. The molecule has 10 heteroatoms. The van der Waals surface area contributed by atoms with Crippen LogP contribution in [0.3, 0.4) is 0 Å². The van der Waals surface area contributed by atoms with E-state index in [1.807, 2.05) is 29.2 Å². The predicted octanol–water partition coefficient (Wildman–Crippen LogP) is 5.88. The SMILES string of the molecule is C.O=C(Nc1ccc(Oc2ccnc(NC[C@@H]3CCCO3)n2)c2ccccc12)c1cc(F)cc(N2CCOCC2)c1. The Hall–Kier alpha value is -4.28. The fraction of sp³-hybridized carbons (Fsp3) is 0.323. The first-order chi connectivity index (χ1) is 19.6. The number of nitrogens with zero attached hydrogens (tertiary/aromatic N) is 3. The molecular weight excluding hydrogens is 525 g/mol. The number of morpholine rings is 1. The zero-order valence-corrected chi connectivity index (χ0v) is 21.9. The predicted molar refractivity (Wildman–Crippen MR) is 158 cm³/mol. The van der Waals surface area contributed by atoms with E-state index in [1.54, 1.807) is 30.5 Å². The lowest BCUT2D eigenvalue weighted by atomic mass is 10.1. The van der Waals surface area contributed by atoms with Gasteiger partial charge in [0.2, 0.25) is 11.8 Å². The number of hydrogen-bond acceptors (Lipinski definition) is 8. The van der Waals surface area contributed by atoms with Crippen molar-refractivity contribution in [1.82, 2.24) is 9.97 Å². The van der Waals surface area contributed by atoms with E-state index >= 15 is 0 Å². The van der Waals surface area contributed by atoms with E-state index in [-0.39, 0.29) is 19.1 Å². The minimum Gasteiger partial charge on any atom is -0.438 e. The fourth-order valence-corrected chi connectivity index (χ4v) is 4.98. The maximum Gasteiger partial charge on any atom is 0.255 e. The summed E-state index contributed by atoms with van der Waals surface area (Å²) in [4.78, 5) is 24.0. The van der Waals surface area contributed by atoms with Gasteiger partial charge in [-0.1, -0.05) is 31.7 Å². The first kappa shape index (κ1) is 28.3. The second-order valence-electron chi connectivity index (χ2n) is 9.74. The lowest BCUT2D eigenvalue weighted by Crippen LogP contribution is -2.36. The molecule has 4 aromatic rings. The third-order valence-corrected chi connectivity index (χ3v) is 7.01. The van der Waals surface area contributed by atoms with Gasteiger partial charge in [-0.2, -0.15) is 4.98 Å². The Morgan fingerprint density at radius 1 is 1.05 bits per heavy atom. The number of amides is 1. The van der Waals surface area contributed by atoms with Crippen molar-refractivity contribution >= 4 is 34.0 Å². The third kappa shape index (κ3) is 6.72. The van der Waals surface area contributed by atoms with Crippen LogP contribution in [-0.4, -0.2) is 61.4 Å². The number of rotatable bonds is 8. The molecule has 0 unspecified atom stereocenters. The van der Waals surface area contributed by atoms with Gasteiger partial charge in [-0.15, -0.1) is 0 Å². The monoisotopic (exact) mass is 559 g/mol. The Bertz CT molecular complexity index is 1510. The Morgan fingerprint density at radius 2 is 1.88 bits per heavy atom. The number of aromatic nitrogens is 2. The maximum absolute atomic E-state index is 14.5. The van der Waals surface area contributed by atoms with Crippen molar-refractivity contribution in [2.75, 3.05) is 55.0 Å². The Balaban J connectivity index is 0.00000337. The van der Waals surface area contributed by atoms with Crippen LogP contribution in [0.15, 0.2) is 66.9 Å². The Labute approximate surface area is 238 Å². The largest absolute Gasteiger partial charge is 0.438 e. The summed E-state index contributed by atoms with van der Waals surface area (Å²) in [6, 6.07) is 17.3. The van der Waals surface area contributed by atoms with Gasteiger partial charge in [-0.05, 0) is 43.2 Å². The molecule has 1 atom stereocenters. The summed E-state index contributed by atoms with van der Waals surface area (Å²) in [7, 11) is 0. The number of halogens is 1. The summed E-state index contributed by atoms with van der Waals surface area (Å²) in [5, 5.41) is 7.74. The Morgan fingerprint density at radius 3 is 2.68 bits per heavy atom. The molecule has 0 radical (unpaired) electrons. The molecule has 0 bridgehead atoms. The van der Waals surface area contributed by atoms with Crippen molar-refractivity contribution < 1.29 is 23.4 Å². The minimum absolute atomic E-state index is 0. The van der Waals surface area contributed by atoms with Crippen LogP contribution in [0.5, 0.6) is 11.6 Å². The van der Waals surface area contributed by atoms with Crippen molar-refractivity contribution in [3.8, 4) is 11.6 Å². The normalized spacial score (nSPS) is 16.7. The lowest BCUT2D eigenvalue weighted by molar-refractivity contribution is 0.102. The number of nitrogens with one attached hydrogen (secondary N) is 2. The summed E-state index contributed by atoms with van der Waals surface area (Å²) in [5.74, 6) is 0.579. The zero-order valence-electron chi connectivity index (χ0n) is 21.9. The van der Waals surface area contributed by atoms with Crippen molar-refractivity contribution in [2.45, 2.75) is 26.4 Å². The maximum atomic E-state index is 14.5. The molecule has 2 fully saturated rings. The number of carbonyl (C=O) groups is 1. The topological polar surface area (TPSA) is 97.8 Å².